The largest absolute Gasteiger partial charge is 0.322 e. The van der Waals surface area contributed by atoms with Crippen LogP contribution in [0, 0.1) is 17.0 Å². The van der Waals surface area contributed by atoms with Crippen LogP contribution in [0.3, 0.4) is 0 Å². The summed E-state index contributed by atoms with van der Waals surface area (Å²) in [5.41, 5.74) is 2.43. The van der Waals surface area contributed by atoms with E-state index in [0.717, 1.165) is 10.5 Å². The van der Waals surface area contributed by atoms with Crippen molar-refractivity contribution in [3.05, 3.63) is 99.6 Å². The number of aryl methyl sites for hydroxylation is 1. The van der Waals surface area contributed by atoms with E-state index < -0.39 is 10.8 Å². The zero-order valence-corrected chi connectivity index (χ0v) is 16.4. The Morgan fingerprint density at radius 3 is 2.31 bits per heavy atom. The van der Waals surface area contributed by atoms with Crippen LogP contribution in [0.4, 0.5) is 11.4 Å². The molecule has 0 aliphatic heterocycles. The first-order chi connectivity index (χ1) is 13.9. The number of nitrogens with one attached hydrogen (secondary N) is 1. The predicted octanol–water partition coefficient (Wildman–Crippen LogP) is 5.13. The second-order valence-corrected chi connectivity index (χ2v) is 7.41. The first-order valence-corrected chi connectivity index (χ1v) is 9.79. The Morgan fingerprint density at radius 1 is 0.966 bits per heavy atom. The summed E-state index contributed by atoms with van der Waals surface area (Å²) in [6.07, 6.45) is 0. The summed E-state index contributed by atoms with van der Waals surface area (Å²) >= 11 is 1.42. The topological polar surface area (TPSA) is 89.3 Å². The number of Topliss-reactive ketones (excluding diaryl/α,β-unsaturated/α-hetero) is 1. The minimum Gasteiger partial charge on any atom is -0.322 e. The number of rotatable bonds is 7. The number of nitrogens with zero attached hydrogens (tertiary/aromatic N) is 1. The molecule has 0 unspecified atom stereocenters. The molecular weight excluding hydrogens is 388 g/mol. The van der Waals surface area contributed by atoms with Gasteiger partial charge in [0.25, 0.3) is 11.6 Å². The second-order valence-electron chi connectivity index (χ2n) is 6.36. The maximum absolute atomic E-state index is 12.3. The zero-order chi connectivity index (χ0) is 20.8. The third-order valence-electron chi connectivity index (χ3n) is 4.17. The van der Waals surface area contributed by atoms with Crippen LogP contribution in [0.2, 0.25) is 0 Å². The van der Waals surface area contributed by atoms with Crippen LogP contribution < -0.4 is 5.32 Å². The van der Waals surface area contributed by atoms with E-state index in [4.69, 9.17) is 0 Å². The van der Waals surface area contributed by atoms with E-state index in [1.807, 2.05) is 43.3 Å². The number of carbonyl (C=O) groups excluding carboxylic acids is 2. The average Bonchev–Trinajstić information content (AvgIpc) is 2.73. The van der Waals surface area contributed by atoms with E-state index in [0.29, 0.717) is 17.0 Å². The molecule has 1 amide bonds. The van der Waals surface area contributed by atoms with Crippen LogP contribution >= 0.6 is 11.8 Å². The quantitative estimate of drug-likeness (QED) is 0.254. The van der Waals surface area contributed by atoms with Gasteiger partial charge in [0.2, 0.25) is 0 Å². The minimum absolute atomic E-state index is 0.0538. The molecule has 0 aliphatic rings. The highest BCUT2D eigenvalue weighted by atomic mass is 32.2. The normalized spacial score (nSPS) is 10.4. The number of anilines is 1. The standard InChI is InChI=1S/C22H18N2O4S/c1-15-5-7-16(8-6-15)21(25)14-29-20-11-9-18(10-12-20)23-22(26)17-3-2-4-19(13-17)24(27)28/h2-13H,14H2,1H3,(H,23,26). The molecule has 0 saturated carbocycles. The van der Waals surface area contributed by atoms with E-state index in [1.165, 1.54) is 36.0 Å². The maximum atomic E-state index is 12.3. The van der Waals surface area contributed by atoms with E-state index in [1.54, 1.807) is 12.1 Å². The number of thioether (sulfide) groups is 1. The van der Waals surface area contributed by atoms with E-state index in [2.05, 4.69) is 5.32 Å². The number of carbonyl (C=O) groups is 2. The number of amides is 1. The minimum atomic E-state index is -0.541. The number of nitro groups is 1. The van der Waals surface area contributed by atoms with Gasteiger partial charge in [-0.15, -0.1) is 11.8 Å². The van der Waals surface area contributed by atoms with E-state index >= 15 is 0 Å². The van der Waals surface area contributed by atoms with Gasteiger partial charge >= 0.3 is 0 Å². The van der Waals surface area contributed by atoms with Gasteiger partial charge in [0, 0.05) is 33.8 Å². The lowest BCUT2D eigenvalue weighted by atomic mass is 10.1. The molecule has 6 nitrogen and oxygen atoms in total. The smallest absolute Gasteiger partial charge is 0.270 e. The van der Waals surface area contributed by atoms with Gasteiger partial charge in [0.1, 0.15) is 0 Å². The fourth-order valence-corrected chi connectivity index (χ4v) is 3.36. The molecule has 0 bridgehead atoms. The third kappa shape index (κ3) is 5.52. The summed E-state index contributed by atoms with van der Waals surface area (Å²) in [7, 11) is 0. The monoisotopic (exact) mass is 406 g/mol. The number of ketones is 1. The summed E-state index contributed by atoms with van der Waals surface area (Å²) in [4.78, 5) is 35.7. The molecule has 0 aromatic heterocycles. The van der Waals surface area contributed by atoms with Crippen LogP contribution in [0.15, 0.2) is 77.7 Å². The van der Waals surface area contributed by atoms with Gasteiger partial charge in [-0.2, -0.15) is 0 Å². The Bertz CT molecular complexity index is 1050. The maximum Gasteiger partial charge on any atom is 0.270 e. The summed E-state index contributed by atoms with van der Waals surface area (Å²) in [5, 5.41) is 13.5. The molecule has 0 atom stereocenters. The van der Waals surface area contributed by atoms with Gasteiger partial charge in [0.15, 0.2) is 5.78 Å². The third-order valence-corrected chi connectivity index (χ3v) is 5.19. The molecule has 3 rings (SSSR count). The molecule has 0 aliphatic carbocycles. The highest BCUT2D eigenvalue weighted by Crippen LogP contribution is 2.22. The molecule has 146 valence electrons. The van der Waals surface area contributed by atoms with Crippen molar-refractivity contribution >= 4 is 34.8 Å². The summed E-state index contributed by atoms with van der Waals surface area (Å²) < 4.78 is 0. The van der Waals surface area contributed by atoms with Crippen molar-refractivity contribution in [2.45, 2.75) is 11.8 Å². The molecule has 3 aromatic rings. The lowest BCUT2D eigenvalue weighted by Crippen LogP contribution is -2.12. The van der Waals surface area contributed by atoms with Crippen LogP contribution in [0.25, 0.3) is 0 Å². The highest BCUT2D eigenvalue weighted by Gasteiger charge is 2.12. The van der Waals surface area contributed by atoms with E-state index in [-0.39, 0.29) is 17.0 Å². The molecule has 0 radical (unpaired) electrons. The summed E-state index contributed by atoms with van der Waals surface area (Å²) in [5.74, 6) is -0.0515. The molecule has 0 fully saturated rings. The zero-order valence-electron chi connectivity index (χ0n) is 15.6. The van der Waals surface area contributed by atoms with Crippen LogP contribution in [0.1, 0.15) is 26.3 Å². The van der Waals surface area contributed by atoms with Crippen molar-refractivity contribution in [3.8, 4) is 0 Å². The average molecular weight is 406 g/mol. The van der Waals surface area contributed by atoms with Crippen LogP contribution in [-0.2, 0) is 0 Å². The number of benzene rings is 3. The summed E-state index contributed by atoms with van der Waals surface area (Å²) in [6, 6.07) is 20.1. The fourth-order valence-electron chi connectivity index (χ4n) is 2.57. The second kappa shape index (κ2) is 9.16. The van der Waals surface area contributed by atoms with Crippen LogP contribution in [-0.4, -0.2) is 22.4 Å². The molecule has 3 aromatic carbocycles. The molecule has 7 heteroatoms. The van der Waals surface area contributed by atoms with Crippen molar-refractivity contribution in [2.75, 3.05) is 11.1 Å². The van der Waals surface area contributed by atoms with Gasteiger partial charge in [0.05, 0.1) is 10.7 Å². The van der Waals surface area contributed by atoms with Gasteiger partial charge < -0.3 is 5.32 Å². The number of non-ortho nitro benzene ring substituents is 1. The Kier molecular flexibility index (Phi) is 6.41. The Hall–Kier alpha value is -3.45. The van der Waals surface area contributed by atoms with Crippen molar-refractivity contribution in [1.29, 1.82) is 0 Å². The van der Waals surface area contributed by atoms with Crippen molar-refractivity contribution in [3.63, 3.8) is 0 Å². The molecule has 1 N–H and O–H groups in total. The fraction of sp³-hybridized carbons (Fsp3) is 0.0909. The number of hydrogen-bond acceptors (Lipinski definition) is 5. The molecule has 0 saturated heterocycles. The van der Waals surface area contributed by atoms with Crippen LogP contribution in [0.5, 0.6) is 0 Å². The Balaban J connectivity index is 1.58. The SMILES string of the molecule is Cc1ccc(C(=O)CSc2ccc(NC(=O)c3cccc([N+](=O)[O-])c3)cc2)cc1. The van der Waals surface area contributed by atoms with Crippen molar-refractivity contribution in [2.24, 2.45) is 0 Å². The van der Waals surface area contributed by atoms with Gasteiger partial charge in [-0.25, -0.2) is 0 Å². The molecule has 0 spiro atoms. The Labute approximate surface area is 172 Å². The van der Waals surface area contributed by atoms with Gasteiger partial charge in [-0.3, -0.25) is 19.7 Å². The van der Waals surface area contributed by atoms with Crippen molar-refractivity contribution in [1.82, 2.24) is 0 Å². The number of nitro benzene ring substituents is 1. The van der Waals surface area contributed by atoms with Gasteiger partial charge in [-0.1, -0.05) is 35.9 Å². The van der Waals surface area contributed by atoms with Gasteiger partial charge in [-0.05, 0) is 37.3 Å². The summed E-state index contributed by atoms with van der Waals surface area (Å²) in [6.45, 7) is 1.97. The molecule has 29 heavy (non-hydrogen) atoms. The lowest BCUT2D eigenvalue weighted by Gasteiger charge is -2.07. The van der Waals surface area contributed by atoms with Crippen molar-refractivity contribution < 1.29 is 14.5 Å². The molecular formula is C22H18N2O4S. The highest BCUT2D eigenvalue weighted by molar-refractivity contribution is 8.00. The first kappa shape index (κ1) is 20.3. The number of hydrogen-bond donors (Lipinski definition) is 1. The lowest BCUT2D eigenvalue weighted by molar-refractivity contribution is -0.384. The Morgan fingerprint density at radius 2 is 1.66 bits per heavy atom. The first-order valence-electron chi connectivity index (χ1n) is 8.81. The van der Waals surface area contributed by atoms with E-state index in [9.17, 15) is 19.7 Å². The molecule has 0 heterocycles. The predicted molar refractivity (Wildman–Crippen MR) is 114 cm³/mol.